The van der Waals surface area contributed by atoms with Crippen molar-refractivity contribution in [2.45, 2.75) is 18.9 Å². The molecule has 3 nitrogen and oxygen atoms in total. The average Bonchev–Trinajstić information content (AvgIpc) is 2.37. The number of hydrogen-bond donors (Lipinski definition) is 2. The maximum Gasteiger partial charge on any atom is 0.147 e. The molecule has 1 unspecified atom stereocenters. The Morgan fingerprint density at radius 1 is 1.47 bits per heavy atom. The molecule has 2 rings (SSSR count). The van der Waals surface area contributed by atoms with E-state index in [0.29, 0.717) is 17.9 Å². The molecule has 0 bridgehead atoms. The van der Waals surface area contributed by atoms with Crippen LogP contribution in [0.1, 0.15) is 24.4 Å². The van der Waals surface area contributed by atoms with Crippen LogP contribution >= 0.6 is 11.6 Å². The van der Waals surface area contributed by atoms with Crippen LogP contribution in [0.25, 0.3) is 0 Å². The monoisotopic (exact) mass is 256 g/mol. The molecule has 0 radical (unpaired) electrons. The molecule has 1 atom stereocenters. The number of hydrogen-bond acceptors (Lipinski definition) is 3. The Bertz CT molecular complexity index is 437. The van der Waals surface area contributed by atoms with Crippen molar-refractivity contribution in [3.63, 3.8) is 0 Å². The maximum absolute atomic E-state index is 13.9. The van der Waals surface area contributed by atoms with Crippen molar-refractivity contribution >= 4 is 11.6 Å². The van der Waals surface area contributed by atoms with Crippen LogP contribution in [0.5, 0.6) is 0 Å². The average molecular weight is 257 g/mol. The fourth-order valence-electron chi connectivity index (χ4n) is 1.85. The van der Waals surface area contributed by atoms with Gasteiger partial charge in [0.05, 0.1) is 11.6 Å². The molecule has 5 heteroatoms. The fourth-order valence-corrected chi connectivity index (χ4v) is 2.03. The molecule has 0 aliphatic carbocycles. The summed E-state index contributed by atoms with van der Waals surface area (Å²) in [5, 5.41) is 0.0826. The maximum atomic E-state index is 13.9. The number of nitrogens with one attached hydrogen (secondary N) is 1. The largest absolute Gasteiger partial charge is 0.496 e. The predicted molar refractivity (Wildman–Crippen MR) is 64.7 cm³/mol. The van der Waals surface area contributed by atoms with E-state index in [-0.39, 0.29) is 5.02 Å². The highest BCUT2D eigenvalue weighted by atomic mass is 35.5. The SMILES string of the molecule is NNC(C1=CCCCO1)c1cccc(Cl)c1F. The highest BCUT2D eigenvalue weighted by Crippen LogP contribution is 2.29. The third-order valence-corrected chi connectivity index (χ3v) is 3.00. The van der Waals surface area contributed by atoms with Gasteiger partial charge in [-0.1, -0.05) is 23.7 Å². The highest BCUT2D eigenvalue weighted by Gasteiger charge is 2.22. The molecule has 0 saturated heterocycles. The van der Waals surface area contributed by atoms with Gasteiger partial charge in [0.1, 0.15) is 17.6 Å². The quantitative estimate of drug-likeness (QED) is 0.646. The van der Waals surface area contributed by atoms with E-state index in [1.807, 2.05) is 6.08 Å². The van der Waals surface area contributed by atoms with Gasteiger partial charge in [-0.15, -0.1) is 0 Å². The minimum atomic E-state index is -0.492. The molecular formula is C12H14ClFN2O. The van der Waals surface area contributed by atoms with Gasteiger partial charge in [-0.3, -0.25) is 5.84 Å². The Labute approximate surface area is 104 Å². The Kier molecular flexibility index (Phi) is 3.99. The van der Waals surface area contributed by atoms with Crippen molar-refractivity contribution in [2.75, 3.05) is 6.61 Å². The van der Waals surface area contributed by atoms with Crippen LogP contribution in [0.3, 0.4) is 0 Å². The molecule has 0 fully saturated rings. The van der Waals surface area contributed by atoms with Crippen molar-refractivity contribution in [1.82, 2.24) is 5.43 Å². The van der Waals surface area contributed by atoms with Crippen LogP contribution < -0.4 is 11.3 Å². The predicted octanol–water partition coefficient (Wildman–Crippen LogP) is 2.68. The van der Waals surface area contributed by atoms with Gasteiger partial charge in [0.25, 0.3) is 0 Å². The molecule has 0 saturated carbocycles. The summed E-state index contributed by atoms with van der Waals surface area (Å²) in [6, 6.07) is 4.34. The first-order valence-corrected chi connectivity index (χ1v) is 5.84. The first kappa shape index (κ1) is 12.4. The summed E-state index contributed by atoms with van der Waals surface area (Å²) in [6.07, 6.45) is 3.81. The summed E-state index contributed by atoms with van der Waals surface area (Å²) in [5.41, 5.74) is 2.96. The van der Waals surface area contributed by atoms with Crippen molar-refractivity contribution in [3.05, 3.63) is 46.4 Å². The lowest BCUT2D eigenvalue weighted by molar-refractivity contribution is 0.167. The van der Waals surface area contributed by atoms with E-state index < -0.39 is 11.9 Å². The Morgan fingerprint density at radius 2 is 2.29 bits per heavy atom. The second-order valence-corrected chi connectivity index (χ2v) is 4.25. The molecule has 0 spiro atoms. The summed E-state index contributed by atoms with van der Waals surface area (Å²) in [4.78, 5) is 0. The van der Waals surface area contributed by atoms with E-state index in [4.69, 9.17) is 22.2 Å². The van der Waals surface area contributed by atoms with Crippen molar-refractivity contribution < 1.29 is 9.13 Å². The molecule has 1 aliphatic rings. The summed E-state index contributed by atoms with van der Waals surface area (Å²) >= 11 is 5.75. The lowest BCUT2D eigenvalue weighted by Gasteiger charge is -2.24. The molecular weight excluding hydrogens is 243 g/mol. The second kappa shape index (κ2) is 5.49. The van der Waals surface area contributed by atoms with Crippen molar-refractivity contribution in [1.29, 1.82) is 0 Å². The van der Waals surface area contributed by atoms with Crippen LogP contribution in [-0.2, 0) is 4.74 Å². The van der Waals surface area contributed by atoms with Crippen LogP contribution in [0.15, 0.2) is 30.0 Å². The number of nitrogens with two attached hydrogens (primary N) is 1. The zero-order valence-corrected chi connectivity index (χ0v) is 10.0. The molecule has 0 amide bonds. The van der Waals surface area contributed by atoms with Crippen LogP contribution in [-0.4, -0.2) is 6.61 Å². The lowest BCUT2D eigenvalue weighted by Crippen LogP contribution is -2.31. The summed E-state index contributed by atoms with van der Waals surface area (Å²) in [6.45, 7) is 0.631. The third-order valence-electron chi connectivity index (χ3n) is 2.71. The Morgan fingerprint density at radius 3 is 2.94 bits per heavy atom. The topological polar surface area (TPSA) is 47.3 Å². The number of allylic oxidation sites excluding steroid dienone is 1. The number of benzene rings is 1. The van der Waals surface area contributed by atoms with Crippen molar-refractivity contribution in [2.24, 2.45) is 5.84 Å². The smallest absolute Gasteiger partial charge is 0.147 e. The van der Waals surface area contributed by atoms with E-state index in [9.17, 15) is 4.39 Å². The Balaban J connectivity index is 2.34. The molecule has 0 aromatic heterocycles. The van der Waals surface area contributed by atoms with Crippen LogP contribution in [0.2, 0.25) is 5.02 Å². The van der Waals surface area contributed by atoms with Crippen LogP contribution in [0, 0.1) is 5.82 Å². The minimum absolute atomic E-state index is 0.0826. The normalized spacial score (nSPS) is 17.2. The van der Waals surface area contributed by atoms with E-state index in [0.717, 1.165) is 12.8 Å². The first-order chi connectivity index (χ1) is 8.24. The van der Waals surface area contributed by atoms with Crippen LogP contribution in [0.4, 0.5) is 4.39 Å². The molecule has 92 valence electrons. The summed E-state index contributed by atoms with van der Waals surface area (Å²) in [5.74, 6) is 5.66. The molecule has 1 aromatic rings. The van der Waals surface area contributed by atoms with E-state index in [2.05, 4.69) is 5.43 Å². The van der Waals surface area contributed by atoms with E-state index in [1.54, 1.807) is 12.1 Å². The zero-order chi connectivity index (χ0) is 12.3. The van der Waals surface area contributed by atoms with Crippen molar-refractivity contribution in [3.8, 4) is 0 Å². The van der Waals surface area contributed by atoms with Gasteiger partial charge in [-0.05, 0) is 25.0 Å². The highest BCUT2D eigenvalue weighted by molar-refractivity contribution is 6.30. The van der Waals surface area contributed by atoms with Gasteiger partial charge in [0, 0.05) is 5.56 Å². The van der Waals surface area contributed by atoms with E-state index >= 15 is 0 Å². The van der Waals surface area contributed by atoms with Gasteiger partial charge in [0.2, 0.25) is 0 Å². The van der Waals surface area contributed by atoms with Gasteiger partial charge in [-0.2, -0.15) is 0 Å². The molecule has 3 N–H and O–H groups in total. The Hall–Kier alpha value is -1.10. The number of hydrazine groups is 1. The fraction of sp³-hybridized carbons (Fsp3) is 0.333. The van der Waals surface area contributed by atoms with Gasteiger partial charge in [0.15, 0.2) is 0 Å². The second-order valence-electron chi connectivity index (χ2n) is 3.84. The number of ether oxygens (including phenoxy) is 1. The summed E-state index contributed by atoms with van der Waals surface area (Å²) < 4.78 is 19.4. The lowest BCUT2D eigenvalue weighted by atomic mass is 10.0. The molecule has 1 aliphatic heterocycles. The van der Waals surface area contributed by atoms with E-state index in [1.165, 1.54) is 6.07 Å². The molecule has 1 heterocycles. The first-order valence-electron chi connectivity index (χ1n) is 5.47. The van der Waals surface area contributed by atoms with Gasteiger partial charge in [-0.25, -0.2) is 9.82 Å². The number of halogens is 2. The molecule has 1 aromatic carbocycles. The molecule has 17 heavy (non-hydrogen) atoms. The van der Waals surface area contributed by atoms with Gasteiger partial charge >= 0.3 is 0 Å². The van der Waals surface area contributed by atoms with Gasteiger partial charge < -0.3 is 4.74 Å². The zero-order valence-electron chi connectivity index (χ0n) is 9.25. The number of rotatable bonds is 3. The third kappa shape index (κ3) is 2.60. The minimum Gasteiger partial charge on any atom is -0.496 e. The standard InChI is InChI=1S/C12H14ClFN2O/c13-9-5-3-4-8(11(9)14)12(16-15)10-6-1-2-7-17-10/h3-6,12,16H,1-2,7,15H2. The summed E-state index contributed by atoms with van der Waals surface area (Å²) in [7, 11) is 0.